The third-order valence-electron chi connectivity index (χ3n) is 5.33. The predicted octanol–water partition coefficient (Wildman–Crippen LogP) is 4.03. The fourth-order valence-electron chi connectivity index (χ4n) is 3.68. The summed E-state index contributed by atoms with van der Waals surface area (Å²) in [7, 11) is 0. The summed E-state index contributed by atoms with van der Waals surface area (Å²) in [6, 6.07) is 11.5. The quantitative estimate of drug-likeness (QED) is 0.210. The zero-order valence-corrected chi connectivity index (χ0v) is 18.0. The second-order valence-electron chi connectivity index (χ2n) is 7.65. The van der Waals surface area contributed by atoms with Crippen molar-refractivity contribution in [2.24, 2.45) is 0 Å². The van der Waals surface area contributed by atoms with Crippen LogP contribution in [0.15, 0.2) is 48.5 Å². The van der Waals surface area contributed by atoms with Crippen LogP contribution in [0.25, 0.3) is 0 Å². The molecule has 32 heavy (non-hydrogen) atoms. The normalized spacial score (nSPS) is 14.9. The van der Waals surface area contributed by atoms with Crippen molar-refractivity contribution in [2.45, 2.75) is 50.7 Å². The minimum Gasteiger partial charge on any atom is -0.443 e. The molecular formula is C23H23ClN2O6. The van der Waals surface area contributed by atoms with Crippen molar-refractivity contribution in [2.75, 3.05) is 0 Å². The molecular weight excluding hydrogens is 436 g/mol. The number of hydrogen-bond acceptors (Lipinski definition) is 6. The SMILES string of the molecule is O=C(Cc1ccccc1[N+](=O)[O-])OC(C(=O)NC1CCCCC1)C(=O)c1ccc(Cl)cc1. The van der Waals surface area contributed by atoms with Crippen molar-refractivity contribution in [3.8, 4) is 0 Å². The van der Waals surface area contributed by atoms with Crippen molar-refractivity contribution in [1.29, 1.82) is 0 Å². The standard InChI is InChI=1S/C23H23ClN2O6/c24-17-12-10-15(11-13-17)21(28)22(23(29)25-18-7-2-1-3-8-18)32-20(27)14-16-6-4-5-9-19(16)26(30)31/h4-6,9-13,18,22H,1-3,7-8,14H2,(H,25,29). The Kier molecular flexibility index (Phi) is 7.94. The van der Waals surface area contributed by atoms with Gasteiger partial charge in [0.15, 0.2) is 0 Å². The molecule has 1 aliphatic carbocycles. The monoisotopic (exact) mass is 458 g/mol. The van der Waals surface area contributed by atoms with Gasteiger partial charge in [-0.15, -0.1) is 0 Å². The van der Waals surface area contributed by atoms with E-state index >= 15 is 0 Å². The fourth-order valence-corrected chi connectivity index (χ4v) is 3.81. The molecule has 1 unspecified atom stereocenters. The molecule has 3 rings (SSSR count). The van der Waals surface area contributed by atoms with Gasteiger partial charge in [-0.2, -0.15) is 0 Å². The Balaban J connectivity index is 1.78. The Hall–Kier alpha value is -3.26. The van der Waals surface area contributed by atoms with Crippen molar-refractivity contribution in [3.63, 3.8) is 0 Å². The lowest BCUT2D eigenvalue weighted by Gasteiger charge is -2.25. The summed E-state index contributed by atoms with van der Waals surface area (Å²) in [6.07, 6.45) is 2.46. The Morgan fingerprint density at radius 2 is 1.72 bits per heavy atom. The van der Waals surface area contributed by atoms with Crippen LogP contribution in [0.3, 0.4) is 0 Å². The molecule has 0 aromatic heterocycles. The van der Waals surface area contributed by atoms with Gasteiger partial charge in [-0.1, -0.05) is 49.1 Å². The number of carbonyl (C=O) groups excluding carboxylic acids is 3. The van der Waals surface area contributed by atoms with E-state index in [-0.39, 0.29) is 22.9 Å². The van der Waals surface area contributed by atoms with E-state index in [9.17, 15) is 24.5 Å². The van der Waals surface area contributed by atoms with E-state index < -0.39 is 35.1 Å². The van der Waals surface area contributed by atoms with Crippen LogP contribution in [0.4, 0.5) is 5.69 Å². The predicted molar refractivity (Wildman–Crippen MR) is 117 cm³/mol. The second-order valence-corrected chi connectivity index (χ2v) is 8.08. The molecule has 2 aromatic carbocycles. The minimum absolute atomic E-state index is 0.0920. The molecule has 1 N–H and O–H groups in total. The summed E-state index contributed by atoms with van der Waals surface area (Å²) in [5.74, 6) is -2.30. The maximum absolute atomic E-state index is 13.0. The minimum atomic E-state index is -1.70. The van der Waals surface area contributed by atoms with Crippen LogP contribution in [0.1, 0.15) is 48.0 Å². The Morgan fingerprint density at radius 1 is 1.06 bits per heavy atom. The summed E-state index contributed by atoms with van der Waals surface area (Å²) in [5, 5.41) is 14.4. The Bertz CT molecular complexity index is 1000. The maximum Gasteiger partial charge on any atom is 0.311 e. The average molecular weight is 459 g/mol. The van der Waals surface area contributed by atoms with Gasteiger partial charge in [0.1, 0.15) is 0 Å². The Morgan fingerprint density at radius 3 is 2.38 bits per heavy atom. The van der Waals surface area contributed by atoms with Crippen molar-refractivity contribution < 1.29 is 24.0 Å². The van der Waals surface area contributed by atoms with Crippen molar-refractivity contribution >= 4 is 34.9 Å². The molecule has 0 bridgehead atoms. The number of benzene rings is 2. The van der Waals surface area contributed by atoms with Crippen LogP contribution in [0.2, 0.25) is 5.02 Å². The van der Waals surface area contributed by atoms with E-state index in [4.69, 9.17) is 16.3 Å². The smallest absolute Gasteiger partial charge is 0.311 e. The van der Waals surface area contributed by atoms with Crippen LogP contribution in [-0.4, -0.2) is 34.7 Å². The number of esters is 1. The maximum atomic E-state index is 13.0. The number of halogens is 1. The summed E-state index contributed by atoms with van der Waals surface area (Å²) in [6.45, 7) is 0. The third-order valence-corrected chi connectivity index (χ3v) is 5.58. The van der Waals surface area contributed by atoms with Gasteiger partial charge in [0, 0.05) is 28.3 Å². The fraction of sp³-hybridized carbons (Fsp3) is 0.348. The molecule has 0 spiro atoms. The first-order chi connectivity index (χ1) is 15.3. The summed E-state index contributed by atoms with van der Waals surface area (Å²) in [4.78, 5) is 49.1. The summed E-state index contributed by atoms with van der Waals surface area (Å²) in [5.41, 5.74) is 0.0567. The van der Waals surface area contributed by atoms with Gasteiger partial charge in [-0.3, -0.25) is 24.5 Å². The molecule has 1 fully saturated rings. The van der Waals surface area contributed by atoms with Crippen LogP contribution in [0.5, 0.6) is 0 Å². The summed E-state index contributed by atoms with van der Waals surface area (Å²) >= 11 is 5.87. The zero-order chi connectivity index (χ0) is 23.1. The first-order valence-electron chi connectivity index (χ1n) is 10.4. The number of amides is 1. The first kappa shape index (κ1) is 23.4. The van der Waals surface area contributed by atoms with E-state index in [0.717, 1.165) is 32.1 Å². The highest BCUT2D eigenvalue weighted by molar-refractivity contribution is 6.30. The highest BCUT2D eigenvalue weighted by Crippen LogP contribution is 2.21. The van der Waals surface area contributed by atoms with Gasteiger partial charge < -0.3 is 10.1 Å². The Labute approximate surface area is 190 Å². The number of nitrogens with zero attached hydrogens (tertiary/aromatic N) is 1. The lowest BCUT2D eigenvalue weighted by atomic mass is 9.95. The van der Waals surface area contributed by atoms with Crippen LogP contribution in [-0.2, 0) is 20.7 Å². The number of nitro benzene ring substituents is 1. The molecule has 1 atom stereocenters. The molecule has 0 saturated heterocycles. The number of Topliss-reactive ketones (excluding diaryl/α,β-unsaturated/α-hetero) is 1. The van der Waals surface area contributed by atoms with E-state index in [1.165, 1.54) is 42.5 Å². The molecule has 2 aromatic rings. The molecule has 9 heteroatoms. The van der Waals surface area contributed by atoms with Gasteiger partial charge in [-0.25, -0.2) is 0 Å². The second kappa shape index (κ2) is 10.9. The van der Waals surface area contributed by atoms with Gasteiger partial charge in [0.05, 0.1) is 11.3 Å². The number of ketones is 1. The molecule has 1 aliphatic rings. The lowest BCUT2D eigenvalue weighted by molar-refractivity contribution is -0.385. The average Bonchev–Trinajstić information content (AvgIpc) is 2.78. The third kappa shape index (κ3) is 6.13. The van der Waals surface area contributed by atoms with E-state index in [0.29, 0.717) is 5.02 Å². The van der Waals surface area contributed by atoms with Crippen molar-refractivity contribution in [1.82, 2.24) is 5.32 Å². The molecule has 168 valence electrons. The highest BCUT2D eigenvalue weighted by Gasteiger charge is 2.33. The number of nitro groups is 1. The first-order valence-corrected chi connectivity index (χ1v) is 10.7. The number of rotatable bonds is 8. The molecule has 8 nitrogen and oxygen atoms in total. The zero-order valence-electron chi connectivity index (χ0n) is 17.3. The molecule has 0 heterocycles. The van der Waals surface area contributed by atoms with Crippen molar-refractivity contribution in [3.05, 3.63) is 74.8 Å². The van der Waals surface area contributed by atoms with Crippen LogP contribution >= 0.6 is 11.6 Å². The van der Waals surface area contributed by atoms with Gasteiger partial charge in [0.25, 0.3) is 11.6 Å². The lowest BCUT2D eigenvalue weighted by Crippen LogP contribution is -2.47. The number of nitrogens with one attached hydrogen (secondary N) is 1. The highest BCUT2D eigenvalue weighted by atomic mass is 35.5. The largest absolute Gasteiger partial charge is 0.443 e. The number of para-hydroxylation sites is 1. The van der Waals surface area contributed by atoms with Gasteiger partial charge in [-0.05, 0) is 37.1 Å². The topological polar surface area (TPSA) is 116 Å². The van der Waals surface area contributed by atoms with E-state index in [2.05, 4.69) is 5.32 Å². The molecule has 0 radical (unpaired) electrons. The molecule has 1 amide bonds. The van der Waals surface area contributed by atoms with Crippen LogP contribution in [0, 0.1) is 10.1 Å². The number of carbonyl (C=O) groups is 3. The van der Waals surface area contributed by atoms with E-state index in [1.54, 1.807) is 6.07 Å². The molecule has 0 aliphatic heterocycles. The van der Waals surface area contributed by atoms with Gasteiger partial charge in [0.2, 0.25) is 11.9 Å². The van der Waals surface area contributed by atoms with Crippen LogP contribution < -0.4 is 5.32 Å². The number of ether oxygens (including phenoxy) is 1. The number of hydrogen-bond donors (Lipinski definition) is 1. The summed E-state index contributed by atoms with van der Waals surface area (Å²) < 4.78 is 5.28. The van der Waals surface area contributed by atoms with E-state index in [1.807, 2.05) is 0 Å². The molecule has 1 saturated carbocycles. The van der Waals surface area contributed by atoms with Gasteiger partial charge >= 0.3 is 5.97 Å².